The van der Waals surface area contributed by atoms with Crippen LogP contribution in [0.2, 0.25) is 0 Å². The molecule has 2 rings (SSSR count). The lowest BCUT2D eigenvalue weighted by Crippen LogP contribution is -1.93. The van der Waals surface area contributed by atoms with Crippen molar-refractivity contribution < 1.29 is 0 Å². The normalized spacial score (nSPS) is 10.4. The van der Waals surface area contributed by atoms with E-state index in [0.717, 1.165) is 27.7 Å². The summed E-state index contributed by atoms with van der Waals surface area (Å²) in [6, 6.07) is 7.74. The standard InChI is InChI=1S/C12H13N3S/c1-8-11(7-14-12(15-8)16-2)9-3-5-10(13)6-4-9/h3-7H,13H2,1-2H3. The van der Waals surface area contributed by atoms with Crippen molar-refractivity contribution in [3.8, 4) is 11.1 Å². The highest BCUT2D eigenvalue weighted by Gasteiger charge is 2.04. The van der Waals surface area contributed by atoms with Crippen LogP contribution in [0.4, 0.5) is 5.69 Å². The summed E-state index contributed by atoms with van der Waals surface area (Å²) in [6.07, 6.45) is 3.83. The number of aromatic nitrogens is 2. The Hall–Kier alpha value is -1.55. The first-order chi connectivity index (χ1) is 7.70. The van der Waals surface area contributed by atoms with E-state index in [0.29, 0.717) is 0 Å². The summed E-state index contributed by atoms with van der Waals surface area (Å²) in [5.74, 6) is 0. The number of benzene rings is 1. The Bertz CT molecular complexity index is 494. The topological polar surface area (TPSA) is 51.8 Å². The Kier molecular flexibility index (Phi) is 3.10. The van der Waals surface area contributed by atoms with E-state index in [4.69, 9.17) is 5.73 Å². The average Bonchev–Trinajstić information content (AvgIpc) is 2.30. The van der Waals surface area contributed by atoms with E-state index in [1.807, 2.05) is 43.6 Å². The minimum absolute atomic E-state index is 0.767. The first kappa shape index (κ1) is 11.0. The minimum atomic E-state index is 0.767. The number of rotatable bonds is 2. The van der Waals surface area contributed by atoms with Gasteiger partial charge < -0.3 is 5.73 Å². The van der Waals surface area contributed by atoms with Crippen molar-refractivity contribution in [3.63, 3.8) is 0 Å². The number of nitrogens with two attached hydrogens (primary N) is 1. The Balaban J connectivity index is 2.44. The van der Waals surface area contributed by atoms with Crippen LogP contribution in [0.15, 0.2) is 35.6 Å². The quantitative estimate of drug-likeness (QED) is 0.490. The zero-order valence-corrected chi connectivity index (χ0v) is 10.1. The average molecular weight is 231 g/mol. The second-order valence-electron chi connectivity index (χ2n) is 3.48. The first-order valence-electron chi connectivity index (χ1n) is 4.94. The van der Waals surface area contributed by atoms with Crippen molar-refractivity contribution in [2.24, 2.45) is 0 Å². The Morgan fingerprint density at radius 1 is 1.19 bits per heavy atom. The highest BCUT2D eigenvalue weighted by Crippen LogP contribution is 2.23. The maximum Gasteiger partial charge on any atom is 0.187 e. The van der Waals surface area contributed by atoms with E-state index >= 15 is 0 Å². The second-order valence-corrected chi connectivity index (χ2v) is 4.25. The van der Waals surface area contributed by atoms with Crippen molar-refractivity contribution in [1.82, 2.24) is 9.97 Å². The van der Waals surface area contributed by atoms with E-state index in [1.54, 1.807) is 11.8 Å². The first-order valence-corrected chi connectivity index (χ1v) is 6.16. The molecule has 3 nitrogen and oxygen atoms in total. The Morgan fingerprint density at radius 2 is 1.88 bits per heavy atom. The molecule has 0 fully saturated rings. The number of anilines is 1. The second kappa shape index (κ2) is 4.53. The van der Waals surface area contributed by atoms with Gasteiger partial charge in [-0.15, -0.1) is 0 Å². The fourth-order valence-electron chi connectivity index (χ4n) is 1.49. The molecule has 4 heteroatoms. The fourth-order valence-corrected chi connectivity index (χ4v) is 1.88. The number of aryl methyl sites for hydroxylation is 1. The highest BCUT2D eigenvalue weighted by atomic mass is 32.2. The third-order valence-corrected chi connectivity index (χ3v) is 2.92. The van der Waals surface area contributed by atoms with E-state index < -0.39 is 0 Å². The molecule has 16 heavy (non-hydrogen) atoms. The van der Waals surface area contributed by atoms with Crippen LogP contribution in [0.5, 0.6) is 0 Å². The van der Waals surface area contributed by atoms with E-state index in [1.165, 1.54) is 0 Å². The van der Waals surface area contributed by atoms with Crippen LogP contribution in [0.3, 0.4) is 0 Å². The van der Waals surface area contributed by atoms with Crippen molar-refractivity contribution >= 4 is 17.4 Å². The van der Waals surface area contributed by atoms with Crippen LogP contribution < -0.4 is 5.73 Å². The smallest absolute Gasteiger partial charge is 0.187 e. The van der Waals surface area contributed by atoms with Crippen molar-refractivity contribution in [1.29, 1.82) is 0 Å². The minimum Gasteiger partial charge on any atom is -0.399 e. The molecule has 0 aliphatic rings. The van der Waals surface area contributed by atoms with Gasteiger partial charge in [-0.25, -0.2) is 9.97 Å². The van der Waals surface area contributed by atoms with Gasteiger partial charge in [0.05, 0.1) is 0 Å². The van der Waals surface area contributed by atoms with Gasteiger partial charge in [0.1, 0.15) is 0 Å². The summed E-state index contributed by atoms with van der Waals surface area (Å²) < 4.78 is 0. The maximum absolute atomic E-state index is 5.65. The number of hydrogen-bond donors (Lipinski definition) is 1. The van der Waals surface area contributed by atoms with Gasteiger partial charge in [0, 0.05) is 23.1 Å². The van der Waals surface area contributed by atoms with E-state index in [2.05, 4.69) is 9.97 Å². The lowest BCUT2D eigenvalue weighted by molar-refractivity contribution is 0.938. The molecule has 1 heterocycles. The summed E-state index contributed by atoms with van der Waals surface area (Å²) in [6.45, 7) is 1.99. The van der Waals surface area contributed by atoms with Crippen molar-refractivity contribution in [2.75, 3.05) is 12.0 Å². The van der Waals surface area contributed by atoms with Gasteiger partial charge in [0.2, 0.25) is 0 Å². The molecule has 0 amide bonds. The summed E-state index contributed by atoms with van der Waals surface area (Å²) >= 11 is 1.55. The zero-order valence-electron chi connectivity index (χ0n) is 9.27. The molecule has 0 radical (unpaired) electrons. The van der Waals surface area contributed by atoms with Crippen LogP contribution in [0, 0.1) is 6.92 Å². The van der Waals surface area contributed by atoms with Gasteiger partial charge in [-0.2, -0.15) is 0 Å². The molecule has 82 valence electrons. The molecular formula is C12H13N3S. The van der Waals surface area contributed by atoms with Gasteiger partial charge in [-0.05, 0) is 30.9 Å². The van der Waals surface area contributed by atoms with Gasteiger partial charge in [-0.1, -0.05) is 23.9 Å². The summed E-state index contributed by atoms with van der Waals surface area (Å²) in [4.78, 5) is 8.69. The number of hydrogen-bond acceptors (Lipinski definition) is 4. The molecule has 0 saturated heterocycles. The third-order valence-electron chi connectivity index (χ3n) is 2.36. The highest BCUT2D eigenvalue weighted by molar-refractivity contribution is 7.98. The number of nitrogen functional groups attached to an aromatic ring is 1. The molecule has 0 atom stereocenters. The lowest BCUT2D eigenvalue weighted by atomic mass is 10.1. The van der Waals surface area contributed by atoms with Crippen LogP contribution in [0.25, 0.3) is 11.1 Å². The molecule has 0 aliphatic carbocycles. The summed E-state index contributed by atoms with van der Waals surface area (Å²) in [7, 11) is 0. The summed E-state index contributed by atoms with van der Waals surface area (Å²) in [5, 5.41) is 0.802. The molecule has 1 aromatic carbocycles. The number of thioether (sulfide) groups is 1. The SMILES string of the molecule is CSc1ncc(-c2ccc(N)cc2)c(C)n1. The molecule has 0 unspecified atom stereocenters. The molecule has 0 saturated carbocycles. The molecule has 0 aliphatic heterocycles. The van der Waals surface area contributed by atoms with E-state index in [-0.39, 0.29) is 0 Å². The van der Waals surface area contributed by atoms with Crippen LogP contribution in [0.1, 0.15) is 5.69 Å². The lowest BCUT2D eigenvalue weighted by Gasteiger charge is -2.06. The zero-order chi connectivity index (χ0) is 11.5. The van der Waals surface area contributed by atoms with E-state index in [9.17, 15) is 0 Å². The van der Waals surface area contributed by atoms with Crippen LogP contribution in [-0.4, -0.2) is 16.2 Å². The molecule has 2 N–H and O–H groups in total. The Morgan fingerprint density at radius 3 is 2.44 bits per heavy atom. The Labute approximate surface area is 99.1 Å². The van der Waals surface area contributed by atoms with Gasteiger partial charge >= 0.3 is 0 Å². The predicted octanol–water partition coefficient (Wildman–Crippen LogP) is 2.76. The predicted molar refractivity (Wildman–Crippen MR) is 68.4 cm³/mol. The van der Waals surface area contributed by atoms with Gasteiger partial charge in [-0.3, -0.25) is 0 Å². The molecule has 0 spiro atoms. The van der Waals surface area contributed by atoms with Gasteiger partial charge in [0.15, 0.2) is 5.16 Å². The molecule has 1 aromatic heterocycles. The molecule has 0 bridgehead atoms. The molecule has 2 aromatic rings. The van der Waals surface area contributed by atoms with Crippen molar-refractivity contribution in [2.45, 2.75) is 12.1 Å². The maximum atomic E-state index is 5.65. The monoisotopic (exact) mass is 231 g/mol. The number of nitrogens with zero attached hydrogens (tertiary/aromatic N) is 2. The van der Waals surface area contributed by atoms with Crippen LogP contribution >= 0.6 is 11.8 Å². The van der Waals surface area contributed by atoms with Gasteiger partial charge in [0.25, 0.3) is 0 Å². The third kappa shape index (κ3) is 2.17. The molecular weight excluding hydrogens is 218 g/mol. The largest absolute Gasteiger partial charge is 0.399 e. The van der Waals surface area contributed by atoms with Crippen LogP contribution in [-0.2, 0) is 0 Å². The fraction of sp³-hybridized carbons (Fsp3) is 0.167. The van der Waals surface area contributed by atoms with Crippen molar-refractivity contribution in [3.05, 3.63) is 36.2 Å². The summed E-state index contributed by atoms with van der Waals surface area (Å²) in [5.41, 5.74) is 9.56.